The fourth-order valence-electron chi connectivity index (χ4n) is 3.32. The molecule has 9 heteroatoms. The predicted molar refractivity (Wildman–Crippen MR) is 142 cm³/mol. The van der Waals surface area contributed by atoms with Gasteiger partial charge in [-0.1, -0.05) is 83.9 Å². The number of aromatic nitrogens is 2. The molecule has 0 aliphatic rings. The number of rotatable bonds is 7. The maximum Gasteiger partial charge on any atom is 0.287 e. The van der Waals surface area contributed by atoms with Gasteiger partial charge in [-0.2, -0.15) is 10.2 Å². The van der Waals surface area contributed by atoms with Crippen LogP contribution in [0.4, 0.5) is 0 Å². The van der Waals surface area contributed by atoms with E-state index in [4.69, 9.17) is 23.2 Å². The van der Waals surface area contributed by atoms with Gasteiger partial charge >= 0.3 is 0 Å². The minimum Gasteiger partial charge on any atom is -0.317 e. The summed E-state index contributed by atoms with van der Waals surface area (Å²) in [5.74, 6) is -1.15. The standard InChI is InChI=1S/C27H21Cl2N5O2/c1-18-22(25(29)34(33-18)20-12-6-3-7-13-20)17-30-32-27(36)24(16-19-10-4-2-5-11-19)31-26(35)21-14-8-9-15-23(21)28/h2-17H,1H3,(H,31,35)(H,32,36)/b24-16-,30-17+. The quantitative estimate of drug-likeness (QED) is 0.195. The lowest BCUT2D eigenvalue weighted by Gasteiger charge is -2.10. The third-order valence-corrected chi connectivity index (χ3v) is 5.82. The van der Waals surface area contributed by atoms with Crippen LogP contribution in [0.5, 0.6) is 0 Å². The highest BCUT2D eigenvalue weighted by Crippen LogP contribution is 2.22. The minimum atomic E-state index is -0.625. The smallest absolute Gasteiger partial charge is 0.287 e. The van der Waals surface area contributed by atoms with Crippen LogP contribution < -0.4 is 10.7 Å². The van der Waals surface area contributed by atoms with Gasteiger partial charge in [0.1, 0.15) is 10.9 Å². The number of benzene rings is 3. The summed E-state index contributed by atoms with van der Waals surface area (Å²) in [6.07, 6.45) is 2.96. The first-order chi connectivity index (χ1) is 17.4. The molecule has 3 aromatic carbocycles. The van der Waals surface area contributed by atoms with Crippen molar-refractivity contribution in [1.29, 1.82) is 0 Å². The second-order valence-electron chi connectivity index (χ2n) is 7.64. The lowest BCUT2D eigenvalue weighted by atomic mass is 10.1. The fourth-order valence-corrected chi connectivity index (χ4v) is 3.87. The highest BCUT2D eigenvalue weighted by atomic mass is 35.5. The zero-order valence-corrected chi connectivity index (χ0v) is 20.7. The van der Waals surface area contributed by atoms with Gasteiger partial charge in [0.25, 0.3) is 11.8 Å². The van der Waals surface area contributed by atoms with Crippen LogP contribution in [0, 0.1) is 6.92 Å². The lowest BCUT2D eigenvalue weighted by molar-refractivity contribution is -0.117. The number of amides is 2. The first kappa shape index (κ1) is 24.9. The maximum absolute atomic E-state index is 13.0. The van der Waals surface area contributed by atoms with Crippen LogP contribution in [-0.2, 0) is 4.79 Å². The van der Waals surface area contributed by atoms with Gasteiger partial charge in [0.15, 0.2) is 0 Å². The molecule has 1 aromatic heterocycles. The van der Waals surface area contributed by atoms with Gasteiger partial charge in [-0.15, -0.1) is 0 Å². The van der Waals surface area contributed by atoms with E-state index < -0.39 is 11.8 Å². The van der Waals surface area contributed by atoms with E-state index >= 15 is 0 Å². The second-order valence-corrected chi connectivity index (χ2v) is 8.40. The average Bonchev–Trinajstić information content (AvgIpc) is 3.18. The SMILES string of the molecule is Cc1nn(-c2ccccc2)c(Cl)c1/C=N/NC(=O)/C(=C/c1ccccc1)NC(=O)c1ccccc1Cl. The summed E-state index contributed by atoms with van der Waals surface area (Å²) in [6.45, 7) is 1.79. The third kappa shape index (κ3) is 5.89. The number of carbonyl (C=O) groups excluding carboxylic acids is 2. The summed E-state index contributed by atoms with van der Waals surface area (Å²) in [5, 5.41) is 11.8. The molecule has 0 saturated heterocycles. The number of hydrogen-bond donors (Lipinski definition) is 2. The largest absolute Gasteiger partial charge is 0.317 e. The van der Waals surface area contributed by atoms with Gasteiger partial charge in [-0.05, 0) is 42.8 Å². The Morgan fingerprint density at radius 3 is 2.25 bits per heavy atom. The molecule has 0 unspecified atom stereocenters. The van der Waals surface area contributed by atoms with Crippen LogP contribution in [-0.4, -0.2) is 27.8 Å². The molecule has 1 heterocycles. The summed E-state index contributed by atoms with van der Waals surface area (Å²) < 4.78 is 1.59. The van der Waals surface area contributed by atoms with Crippen LogP contribution in [0.1, 0.15) is 27.2 Å². The number of aryl methyl sites for hydroxylation is 1. The summed E-state index contributed by atoms with van der Waals surface area (Å²) >= 11 is 12.7. The lowest BCUT2D eigenvalue weighted by Crippen LogP contribution is -2.33. The first-order valence-electron chi connectivity index (χ1n) is 10.9. The molecule has 180 valence electrons. The maximum atomic E-state index is 13.0. The van der Waals surface area contributed by atoms with E-state index in [2.05, 4.69) is 20.9 Å². The van der Waals surface area contributed by atoms with Crippen LogP contribution in [0.2, 0.25) is 10.2 Å². The molecule has 7 nitrogen and oxygen atoms in total. The molecular weight excluding hydrogens is 497 g/mol. The predicted octanol–water partition coefficient (Wildman–Crippen LogP) is 5.41. The van der Waals surface area contributed by atoms with Crippen LogP contribution in [0.15, 0.2) is 95.7 Å². The average molecular weight is 518 g/mol. The second kappa shape index (κ2) is 11.5. The molecule has 0 bridgehead atoms. The van der Waals surface area contributed by atoms with Crippen molar-refractivity contribution in [1.82, 2.24) is 20.5 Å². The molecule has 0 atom stereocenters. The molecule has 0 aliphatic carbocycles. The van der Waals surface area contributed by atoms with Crippen molar-refractivity contribution in [3.63, 3.8) is 0 Å². The Hall–Kier alpha value is -4.20. The van der Waals surface area contributed by atoms with Crippen LogP contribution in [0.25, 0.3) is 11.8 Å². The molecular formula is C27H21Cl2N5O2. The molecule has 0 saturated carbocycles. The molecule has 4 aromatic rings. The van der Waals surface area contributed by atoms with E-state index in [9.17, 15) is 9.59 Å². The molecule has 0 fully saturated rings. The van der Waals surface area contributed by atoms with E-state index in [0.717, 1.165) is 5.69 Å². The summed E-state index contributed by atoms with van der Waals surface area (Å²) in [7, 11) is 0. The van der Waals surface area contributed by atoms with E-state index in [-0.39, 0.29) is 16.3 Å². The van der Waals surface area contributed by atoms with Gasteiger partial charge in [0.2, 0.25) is 0 Å². The molecule has 4 rings (SSSR count). The van der Waals surface area contributed by atoms with E-state index in [1.54, 1.807) is 54.1 Å². The van der Waals surface area contributed by atoms with Crippen molar-refractivity contribution < 1.29 is 9.59 Å². The Balaban J connectivity index is 1.55. The normalized spacial score (nSPS) is 11.5. The molecule has 2 amide bonds. The molecule has 36 heavy (non-hydrogen) atoms. The monoisotopic (exact) mass is 517 g/mol. The zero-order valence-electron chi connectivity index (χ0n) is 19.2. The third-order valence-electron chi connectivity index (χ3n) is 5.13. The Kier molecular flexibility index (Phi) is 7.95. The van der Waals surface area contributed by atoms with E-state index in [1.807, 2.05) is 48.5 Å². The first-order valence-corrected chi connectivity index (χ1v) is 11.7. The highest BCUT2D eigenvalue weighted by molar-refractivity contribution is 6.34. The Labute approximate surface area is 218 Å². The van der Waals surface area contributed by atoms with Gasteiger partial charge in [0.05, 0.1) is 33.7 Å². The Bertz CT molecular complexity index is 1450. The van der Waals surface area contributed by atoms with Gasteiger partial charge in [0, 0.05) is 0 Å². The molecule has 0 aliphatic heterocycles. The van der Waals surface area contributed by atoms with Gasteiger partial charge in [-0.25, -0.2) is 10.1 Å². The Morgan fingerprint density at radius 2 is 1.56 bits per heavy atom. The van der Waals surface area contributed by atoms with Crippen molar-refractivity contribution in [2.45, 2.75) is 6.92 Å². The van der Waals surface area contributed by atoms with Gasteiger partial charge < -0.3 is 5.32 Å². The number of para-hydroxylation sites is 1. The summed E-state index contributed by atoms with van der Waals surface area (Å²) in [4.78, 5) is 25.8. The van der Waals surface area contributed by atoms with Crippen molar-refractivity contribution in [2.24, 2.45) is 5.10 Å². The van der Waals surface area contributed by atoms with Crippen LogP contribution in [0.3, 0.4) is 0 Å². The fraction of sp³-hybridized carbons (Fsp3) is 0.0370. The summed E-state index contributed by atoms with van der Waals surface area (Å²) in [5.41, 5.74) is 5.37. The van der Waals surface area contributed by atoms with Crippen LogP contribution >= 0.6 is 23.2 Å². The molecule has 0 spiro atoms. The van der Waals surface area contributed by atoms with Crippen molar-refractivity contribution in [3.8, 4) is 5.69 Å². The van der Waals surface area contributed by atoms with Crippen molar-refractivity contribution >= 4 is 47.3 Å². The number of hydrogen-bond acceptors (Lipinski definition) is 4. The van der Waals surface area contributed by atoms with E-state index in [1.165, 1.54) is 6.21 Å². The molecule has 0 radical (unpaired) electrons. The molecule has 2 N–H and O–H groups in total. The van der Waals surface area contributed by atoms with Crippen molar-refractivity contribution in [3.05, 3.63) is 123 Å². The number of halogens is 2. The van der Waals surface area contributed by atoms with E-state index in [0.29, 0.717) is 22.0 Å². The highest BCUT2D eigenvalue weighted by Gasteiger charge is 2.17. The summed E-state index contributed by atoms with van der Waals surface area (Å²) in [6, 6.07) is 25.1. The number of nitrogens with zero attached hydrogens (tertiary/aromatic N) is 3. The van der Waals surface area contributed by atoms with Crippen molar-refractivity contribution in [2.75, 3.05) is 0 Å². The van der Waals surface area contributed by atoms with Gasteiger partial charge in [-0.3, -0.25) is 9.59 Å². The topological polar surface area (TPSA) is 88.4 Å². The minimum absolute atomic E-state index is 0.00827. The number of nitrogens with one attached hydrogen (secondary N) is 2. The number of carbonyl (C=O) groups is 2. The zero-order chi connectivity index (χ0) is 25.5. The Morgan fingerprint density at radius 1 is 0.917 bits per heavy atom. The number of hydrazone groups is 1.